The Kier molecular flexibility index (Phi) is 4.18. The Morgan fingerprint density at radius 2 is 2.00 bits per heavy atom. The molecule has 0 aliphatic carbocycles. The minimum atomic E-state index is -0.383. The number of benzene rings is 1. The van der Waals surface area contributed by atoms with Crippen LogP contribution in [0.4, 0.5) is 4.39 Å². The van der Waals surface area contributed by atoms with Crippen molar-refractivity contribution < 1.29 is 9.50 Å². The minimum absolute atomic E-state index is 0.0675. The topological polar surface area (TPSA) is 35.5 Å². The van der Waals surface area contributed by atoms with Gasteiger partial charge in [0, 0.05) is 35.8 Å². The van der Waals surface area contributed by atoms with Gasteiger partial charge in [0.2, 0.25) is 0 Å². The number of phenols is 1. The highest BCUT2D eigenvalue weighted by molar-refractivity contribution is 5.35. The van der Waals surface area contributed by atoms with Gasteiger partial charge in [-0.15, -0.1) is 0 Å². The van der Waals surface area contributed by atoms with E-state index in [1.807, 2.05) is 0 Å². The number of hydrogen-bond donors (Lipinski definition) is 2. The fraction of sp³-hybridized carbons (Fsp3) is 0.647. The third-order valence-electron chi connectivity index (χ3n) is 5.22. The van der Waals surface area contributed by atoms with Crippen LogP contribution >= 0.6 is 0 Å². The van der Waals surface area contributed by atoms with Crippen LogP contribution in [0.15, 0.2) is 18.2 Å². The number of nitrogens with zero attached hydrogens (tertiary/aromatic N) is 1. The molecule has 0 saturated carbocycles. The molecule has 3 unspecified atom stereocenters. The first-order valence-electron chi connectivity index (χ1n) is 8.08. The van der Waals surface area contributed by atoms with E-state index in [1.165, 1.54) is 37.8 Å². The predicted molar refractivity (Wildman–Crippen MR) is 81.8 cm³/mol. The van der Waals surface area contributed by atoms with Gasteiger partial charge in [0.1, 0.15) is 11.6 Å². The summed E-state index contributed by atoms with van der Waals surface area (Å²) in [7, 11) is 0. The summed E-state index contributed by atoms with van der Waals surface area (Å²) >= 11 is 0. The van der Waals surface area contributed by atoms with Gasteiger partial charge in [-0.3, -0.25) is 4.90 Å². The second kappa shape index (κ2) is 5.93. The van der Waals surface area contributed by atoms with Gasteiger partial charge < -0.3 is 10.4 Å². The molecule has 2 bridgehead atoms. The molecule has 3 nitrogen and oxygen atoms in total. The van der Waals surface area contributed by atoms with Crippen LogP contribution in [0.3, 0.4) is 0 Å². The van der Waals surface area contributed by atoms with Crippen LogP contribution in [0.1, 0.15) is 51.1 Å². The Bertz CT molecular complexity index is 496. The number of rotatable bonds is 4. The molecule has 2 aliphatic rings. The summed E-state index contributed by atoms with van der Waals surface area (Å²) in [5.74, 6) is -0.315. The van der Waals surface area contributed by atoms with E-state index in [-0.39, 0.29) is 17.6 Å². The predicted octanol–water partition coefficient (Wildman–Crippen LogP) is 3.20. The molecule has 0 amide bonds. The zero-order chi connectivity index (χ0) is 15.0. The second-order valence-corrected chi connectivity index (χ2v) is 6.47. The van der Waals surface area contributed by atoms with Crippen LogP contribution < -0.4 is 5.32 Å². The van der Waals surface area contributed by atoms with Gasteiger partial charge in [0.15, 0.2) is 0 Å². The fourth-order valence-electron chi connectivity index (χ4n) is 4.20. The molecule has 2 aliphatic heterocycles. The molecule has 0 radical (unpaired) electrons. The standard InChI is InChI=1S/C17H25FN2O/c1-3-20(15-9-13-5-6-14(10-15)19-13)11(2)16-7-4-12(18)8-17(16)21/h4,7-8,11,13-15,19,21H,3,5-6,9-10H2,1-2H3. The van der Waals surface area contributed by atoms with E-state index in [2.05, 4.69) is 24.1 Å². The van der Waals surface area contributed by atoms with Crippen molar-refractivity contribution in [1.29, 1.82) is 0 Å². The van der Waals surface area contributed by atoms with Gasteiger partial charge in [-0.05, 0) is 45.2 Å². The minimum Gasteiger partial charge on any atom is -0.508 e. The maximum atomic E-state index is 13.2. The smallest absolute Gasteiger partial charge is 0.126 e. The maximum absolute atomic E-state index is 13.2. The Labute approximate surface area is 126 Å². The van der Waals surface area contributed by atoms with Crippen LogP contribution in [0.25, 0.3) is 0 Å². The maximum Gasteiger partial charge on any atom is 0.126 e. The van der Waals surface area contributed by atoms with Crippen LogP contribution in [0.5, 0.6) is 5.75 Å². The molecule has 4 heteroatoms. The first-order chi connectivity index (χ1) is 10.1. The number of fused-ring (bicyclic) bond motifs is 2. The van der Waals surface area contributed by atoms with E-state index in [4.69, 9.17) is 0 Å². The molecule has 0 aromatic heterocycles. The number of halogens is 1. The number of aromatic hydroxyl groups is 1. The Morgan fingerprint density at radius 1 is 1.33 bits per heavy atom. The third-order valence-corrected chi connectivity index (χ3v) is 5.22. The van der Waals surface area contributed by atoms with E-state index in [0.29, 0.717) is 18.1 Å². The molecule has 116 valence electrons. The van der Waals surface area contributed by atoms with Crippen molar-refractivity contribution in [2.24, 2.45) is 0 Å². The zero-order valence-corrected chi connectivity index (χ0v) is 12.8. The van der Waals surface area contributed by atoms with Crippen molar-refractivity contribution in [2.45, 2.75) is 63.7 Å². The highest BCUT2D eigenvalue weighted by atomic mass is 19.1. The first kappa shape index (κ1) is 14.8. The summed E-state index contributed by atoms with van der Waals surface area (Å²) in [5.41, 5.74) is 0.823. The van der Waals surface area contributed by atoms with Gasteiger partial charge >= 0.3 is 0 Å². The Balaban J connectivity index is 1.79. The molecule has 2 N–H and O–H groups in total. The normalized spacial score (nSPS) is 29.8. The van der Waals surface area contributed by atoms with Crippen molar-refractivity contribution in [2.75, 3.05) is 6.54 Å². The quantitative estimate of drug-likeness (QED) is 0.894. The van der Waals surface area contributed by atoms with Gasteiger partial charge in [-0.2, -0.15) is 0 Å². The van der Waals surface area contributed by atoms with Crippen LogP contribution in [-0.2, 0) is 0 Å². The largest absolute Gasteiger partial charge is 0.508 e. The molecule has 1 aromatic rings. The molecule has 3 atom stereocenters. The van der Waals surface area contributed by atoms with Gasteiger partial charge in [-0.25, -0.2) is 4.39 Å². The van der Waals surface area contributed by atoms with E-state index in [9.17, 15) is 9.50 Å². The van der Waals surface area contributed by atoms with Crippen LogP contribution in [-0.4, -0.2) is 34.7 Å². The van der Waals surface area contributed by atoms with Crippen molar-refractivity contribution in [3.05, 3.63) is 29.6 Å². The SMILES string of the molecule is CCN(C1CC2CCC(C1)N2)C(C)c1ccc(F)cc1O. The number of nitrogens with one attached hydrogen (secondary N) is 1. The highest BCUT2D eigenvalue weighted by Crippen LogP contribution is 2.36. The second-order valence-electron chi connectivity index (χ2n) is 6.47. The lowest BCUT2D eigenvalue weighted by atomic mass is 9.95. The van der Waals surface area contributed by atoms with Crippen LogP contribution in [0.2, 0.25) is 0 Å². The molecule has 21 heavy (non-hydrogen) atoms. The average molecular weight is 292 g/mol. The molecule has 2 fully saturated rings. The van der Waals surface area contributed by atoms with Crippen molar-refractivity contribution >= 4 is 0 Å². The third kappa shape index (κ3) is 2.92. The van der Waals surface area contributed by atoms with Crippen molar-refractivity contribution in [3.63, 3.8) is 0 Å². The molecule has 2 heterocycles. The van der Waals surface area contributed by atoms with E-state index in [0.717, 1.165) is 12.1 Å². The van der Waals surface area contributed by atoms with E-state index >= 15 is 0 Å². The lowest BCUT2D eigenvalue weighted by molar-refractivity contribution is 0.106. The molecule has 2 saturated heterocycles. The van der Waals surface area contributed by atoms with Crippen molar-refractivity contribution in [1.82, 2.24) is 10.2 Å². The van der Waals surface area contributed by atoms with Gasteiger partial charge in [-0.1, -0.05) is 13.0 Å². The van der Waals surface area contributed by atoms with Gasteiger partial charge in [0.05, 0.1) is 0 Å². The summed E-state index contributed by atoms with van der Waals surface area (Å²) in [4.78, 5) is 2.46. The van der Waals surface area contributed by atoms with Crippen LogP contribution in [0, 0.1) is 5.82 Å². The highest BCUT2D eigenvalue weighted by Gasteiger charge is 2.37. The lowest BCUT2D eigenvalue weighted by Crippen LogP contribution is -2.48. The Morgan fingerprint density at radius 3 is 2.57 bits per heavy atom. The summed E-state index contributed by atoms with van der Waals surface area (Å²) < 4.78 is 13.2. The molecular weight excluding hydrogens is 267 g/mol. The van der Waals surface area contributed by atoms with Gasteiger partial charge in [0.25, 0.3) is 0 Å². The summed E-state index contributed by atoms with van der Waals surface area (Å²) in [6, 6.07) is 6.32. The first-order valence-corrected chi connectivity index (χ1v) is 8.08. The summed E-state index contributed by atoms with van der Waals surface area (Å²) in [6.45, 7) is 5.23. The summed E-state index contributed by atoms with van der Waals surface area (Å²) in [6.07, 6.45) is 4.93. The molecule has 1 aromatic carbocycles. The van der Waals surface area contributed by atoms with Crippen molar-refractivity contribution in [3.8, 4) is 5.75 Å². The number of piperidine rings is 1. The van der Waals surface area contributed by atoms with E-state index < -0.39 is 0 Å². The Hall–Kier alpha value is -1.13. The molecule has 0 spiro atoms. The van der Waals surface area contributed by atoms with E-state index in [1.54, 1.807) is 6.07 Å². The monoisotopic (exact) mass is 292 g/mol. The molecular formula is C17H25FN2O. The summed E-state index contributed by atoms with van der Waals surface area (Å²) in [5, 5.41) is 13.7. The molecule has 3 rings (SSSR count). The average Bonchev–Trinajstić information content (AvgIpc) is 2.78. The fourth-order valence-corrected chi connectivity index (χ4v) is 4.20. The number of phenolic OH excluding ortho intramolecular Hbond substituents is 1. The number of hydrogen-bond acceptors (Lipinski definition) is 3. The lowest BCUT2D eigenvalue weighted by Gasteiger charge is -2.40. The zero-order valence-electron chi connectivity index (χ0n) is 12.8.